The Hall–Kier alpha value is -5.87. The summed E-state index contributed by atoms with van der Waals surface area (Å²) in [5.74, 6) is 1.97. The first-order chi connectivity index (χ1) is 22.6. The van der Waals surface area contributed by atoms with Gasteiger partial charge in [0.15, 0.2) is 17.5 Å². The van der Waals surface area contributed by atoms with Crippen molar-refractivity contribution in [2.75, 3.05) is 0 Å². The highest BCUT2D eigenvalue weighted by molar-refractivity contribution is 6.09. The van der Waals surface area contributed by atoms with Crippen LogP contribution in [0.15, 0.2) is 146 Å². The predicted octanol–water partition coefficient (Wildman–Crippen LogP) is 10.3. The second-order valence-corrected chi connectivity index (χ2v) is 12.5. The van der Waals surface area contributed by atoms with Crippen molar-refractivity contribution in [3.05, 3.63) is 157 Å². The second kappa shape index (κ2) is 10.1. The van der Waals surface area contributed by atoms with Crippen molar-refractivity contribution < 1.29 is 0 Å². The first-order valence-electron chi connectivity index (χ1n) is 15.7. The van der Waals surface area contributed by atoms with Gasteiger partial charge in [-0.1, -0.05) is 129 Å². The molecule has 1 aliphatic carbocycles. The molecule has 0 unspecified atom stereocenters. The van der Waals surface area contributed by atoms with Crippen LogP contribution in [0.3, 0.4) is 0 Å². The molecule has 0 spiro atoms. The van der Waals surface area contributed by atoms with E-state index in [1.807, 2.05) is 18.2 Å². The van der Waals surface area contributed by atoms with E-state index in [0.717, 1.165) is 22.4 Å². The second-order valence-electron chi connectivity index (χ2n) is 12.5. The van der Waals surface area contributed by atoms with Crippen LogP contribution in [0.5, 0.6) is 0 Å². The third kappa shape index (κ3) is 4.04. The van der Waals surface area contributed by atoms with E-state index >= 15 is 0 Å². The zero-order valence-corrected chi connectivity index (χ0v) is 25.6. The summed E-state index contributed by atoms with van der Waals surface area (Å²) in [6, 6.07) is 51.2. The lowest BCUT2D eigenvalue weighted by molar-refractivity contribution is 0.660. The van der Waals surface area contributed by atoms with Gasteiger partial charge >= 0.3 is 0 Å². The van der Waals surface area contributed by atoms with E-state index in [1.165, 1.54) is 44.1 Å². The van der Waals surface area contributed by atoms with Crippen molar-refractivity contribution in [2.45, 2.75) is 19.3 Å². The van der Waals surface area contributed by atoms with Crippen LogP contribution in [0, 0.1) is 0 Å². The van der Waals surface area contributed by atoms with Crippen molar-refractivity contribution in [2.24, 2.45) is 0 Å². The van der Waals surface area contributed by atoms with Crippen molar-refractivity contribution in [3.8, 4) is 51.0 Å². The van der Waals surface area contributed by atoms with Crippen LogP contribution < -0.4 is 0 Å². The summed E-state index contributed by atoms with van der Waals surface area (Å²) in [5, 5.41) is 2.47. The molecule has 6 aromatic carbocycles. The molecule has 0 radical (unpaired) electrons. The summed E-state index contributed by atoms with van der Waals surface area (Å²) in [5.41, 5.74) is 11.4. The minimum Gasteiger partial charge on any atom is -0.309 e. The molecule has 0 N–H and O–H groups in total. The van der Waals surface area contributed by atoms with E-state index in [1.54, 1.807) is 0 Å². The maximum Gasteiger partial charge on any atom is 0.164 e. The van der Waals surface area contributed by atoms with Crippen LogP contribution in [0.25, 0.3) is 72.8 Å². The smallest absolute Gasteiger partial charge is 0.164 e. The number of rotatable bonds is 4. The van der Waals surface area contributed by atoms with E-state index in [0.29, 0.717) is 17.5 Å². The van der Waals surface area contributed by atoms with E-state index in [-0.39, 0.29) is 5.41 Å². The molecule has 8 aromatic rings. The largest absolute Gasteiger partial charge is 0.309 e. The number of hydrogen-bond donors (Lipinski definition) is 0. The number of nitrogens with zero attached hydrogens (tertiary/aromatic N) is 4. The Kier molecular flexibility index (Phi) is 5.81. The van der Waals surface area contributed by atoms with Crippen LogP contribution in [0.2, 0.25) is 0 Å². The van der Waals surface area contributed by atoms with E-state index < -0.39 is 0 Å². The Bertz CT molecular complexity index is 2400. The lowest BCUT2D eigenvalue weighted by Crippen LogP contribution is -2.15. The van der Waals surface area contributed by atoms with Gasteiger partial charge in [0.1, 0.15) is 0 Å². The average molecular weight is 591 g/mol. The van der Waals surface area contributed by atoms with Gasteiger partial charge in [0.25, 0.3) is 0 Å². The Balaban J connectivity index is 1.22. The van der Waals surface area contributed by atoms with Crippen LogP contribution in [0.1, 0.15) is 25.0 Å². The summed E-state index contributed by atoms with van der Waals surface area (Å²) in [7, 11) is 0. The van der Waals surface area contributed by atoms with Crippen molar-refractivity contribution in [1.82, 2.24) is 19.5 Å². The fraction of sp³-hybridized carbons (Fsp3) is 0.0714. The topological polar surface area (TPSA) is 43.6 Å². The van der Waals surface area contributed by atoms with Crippen LogP contribution in [-0.4, -0.2) is 19.5 Å². The molecular weight excluding hydrogens is 560 g/mol. The van der Waals surface area contributed by atoms with Gasteiger partial charge in [-0.05, 0) is 52.6 Å². The molecule has 1 aliphatic rings. The molecule has 0 amide bonds. The molecule has 0 aliphatic heterocycles. The summed E-state index contributed by atoms with van der Waals surface area (Å²) in [6.45, 7) is 4.60. The van der Waals surface area contributed by atoms with Crippen molar-refractivity contribution in [1.29, 1.82) is 0 Å². The van der Waals surface area contributed by atoms with Gasteiger partial charge in [0.2, 0.25) is 0 Å². The maximum atomic E-state index is 5.14. The number of benzene rings is 6. The first-order valence-corrected chi connectivity index (χ1v) is 15.7. The van der Waals surface area contributed by atoms with E-state index in [2.05, 4.69) is 146 Å². The lowest BCUT2D eigenvalue weighted by Gasteiger charge is -2.21. The zero-order chi connectivity index (χ0) is 30.8. The third-order valence-corrected chi connectivity index (χ3v) is 9.45. The molecule has 4 heteroatoms. The highest BCUT2D eigenvalue weighted by atomic mass is 15.0. The molecule has 0 saturated carbocycles. The fourth-order valence-electron chi connectivity index (χ4n) is 7.18. The average Bonchev–Trinajstić information content (AvgIpc) is 3.57. The highest BCUT2D eigenvalue weighted by Crippen LogP contribution is 2.49. The van der Waals surface area contributed by atoms with Gasteiger partial charge in [-0.15, -0.1) is 0 Å². The molecule has 2 heterocycles. The van der Waals surface area contributed by atoms with Gasteiger partial charge < -0.3 is 4.57 Å². The molecule has 0 saturated heterocycles. The van der Waals surface area contributed by atoms with Gasteiger partial charge in [0.05, 0.1) is 11.0 Å². The monoisotopic (exact) mass is 590 g/mol. The van der Waals surface area contributed by atoms with E-state index in [9.17, 15) is 0 Å². The highest BCUT2D eigenvalue weighted by Gasteiger charge is 2.35. The van der Waals surface area contributed by atoms with Crippen LogP contribution in [0.4, 0.5) is 0 Å². The number of aromatic nitrogens is 4. The Morgan fingerprint density at radius 3 is 1.70 bits per heavy atom. The summed E-state index contributed by atoms with van der Waals surface area (Å²) in [6.07, 6.45) is 0. The lowest BCUT2D eigenvalue weighted by atomic mass is 9.82. The summed E-state index contributed by atoms with van der Waals surface area (Å²) in [4.78, 5) is 15.2. The minimum atomic E-state index is -0.114. The first kappa shape index (κ1) is 26.5. The normalized spacial score (nSPS) is 13.2. The van der Waals surface area contributed by atoms with Gasteiger partial charge in [-0.2, -0.15) is 0 Å². The Morgan fingerprint density at radius 2 is 0.978 bits per heavy atom. The predicted molar refractivity (Wildman–Crippen MR) is 188 cm³/mol. The Morgan fingerprint density at radius 1 is 0.435 bits per heavy atom. The zero-order valence-electron chi connectivity index (χ0n) is 25.6. The van der Waals surface area contributed by atoms with Crippen LogP contribution >= 0.6 is 0 Å². The standard InChI is InChI=1S/C42H30N4/c1-42(2)35-20-9-6-17-31(35)32-24-23-29(26-36(32)42)41-44-39(27-13-4-3-5-14-27)43-40(45-41)28-15-12-16-30(25-28)46-37-21-10-7-18-33(37)34-19-8-11-22-38(34)46/h3-26H,1-2H3. The van der Waals surface area contributed by atoms with Gasteiger partial charge in [0, 0.05) is 38.6 Å². The SMILES string of the molecule is CC1(C)c2ccccc2-c2ccc(-c3nc(-c4ccccc4)nc(-c4cccc(-n5c6ccccc6c6ccccc65)c4)n3)cc21. The summed E-state index contributed by atoms with van der Waals surface area (Å²) < 4.78 is 2.33. The quantitative estimate of drug-likeness (QED) is 0.205. The third-order valence-electron chi connectivity index (χ3n) is 9.45. The van der Waals surface area contributed by atoms with E-state index in [4.69, 9.17) is 15.0 Å². The van der Waals surface area contributed by atoms with Crippen molar-refractivity contribution in [3.63, 3.8) is 0 Å². The van der Waals surface area contributed by atoms with Crippen molar-refractivity contribution >= 4 is 21.8 Å². The number of para-hydroxylation sites is 2. The molecule has 0 bridgehead atoms. The maximum absolute atomic E-state index is 5.14. The molecule has 0 fully saturated rings. The minimum absolute atomic E-state index is 0.114. The van der Waals surface area contributed by atoms with Gasteiger partial charge in [-0.3, -0.25) is 0 Å². The molecule has 9 rings (SSSR count). The number of hydrogen-bond acceptors (Lipinski definition) is 3. The fourth-order valence-corrected chi connectivity index (χ4v) is 7.18. The van der Waals surface area contributed by atoms with Gasteiger partial charge in [-0.25, -0.2) is 15.0 Å². The molecular formula is C42H30N4. The number of fused-ring (bicyclic) bond motifs is 6. The Labute approximate surface area is 267 Å². The molecule has 4 nitrogen and oxygen atoms in total. The van der Waals surface area contributed by atoms with Crippen LogP contribution in [-0.2, 0) is 5.41 Å². The molecule has 46 heavy (non-hydrogen) atoms. The molecule has 218 valence electrons. The summed E-state index contributed by atoms with van der Waals surface area (Å²) >= 11 is 0. The molecule has 2 aromatic heterocycles. The molecule has 0 atom stereocenters.